The molecule has 0 radical (unpaired) electrons. The van der Waals surface area contributed by atoms with E-state index in [0.29, 0.717) is 0 Å². The zero-order valence-corrected chi connectivity index (χ0v) is 19.3. The second kappa shape index (κ2) is 7.56. The Morgan fingerprint density at radius 1 is 0.935 bits per heavy atom. The Morgan fingerprint density at radius 2 is 1.55 bits per heavy atom. The first-order chi connectivity index (χ1) is 15.1. The third-order valence-corrected chi connectivity index (χ3v) is 8.59. The van der Waals surface area contributed by atoms with Gasteiger partial charge in [-0.3, -0.25) is 14.7 Å². The number of ketones is 1. The summed E-state index contributed by atoms with van der Waals surface area (Å²) < 4.78 is 1.07. The van der Waals surface area contributed by atoms with Gasteiger partial charge in [0.2, 0.25) is 0 Å². The van der Waals surface area contributed by atoms with Crippen LogP contribution in [0.25, 0.3) is 0 Å². The van der Waals surface area contributed by atoms with Crippen LogP contribution in [0.5, 0.6) is 0 Å². The molecule has 0 unspecified atom stereocenters. The first-order valence-electron chi connectivity index (χ1n) is 11.5. The van der Waals surface area contributed by atoms with E-state index in [4.69, 9.17) is 0 Å². The largest absolute Gasteiger partial charge is 0.334 e. The van der Waals surface area contributed by atoms with E-state index in [1.165, 1.54) is 38.5 Å². The molecule has 5 aliphatic rings. The van der Waals surface area contributed by atoms with Crippen LogP contribution in [-0.4, -0.2) is 34.4 Å². The van der Waals surface area contributed by atoms with Crippen LogP contribution in [0.1, 0.15) is 48.9 Å². The molecule has 1 aromatic heterocycles. The summed E-state index contributed by atoms with van der Waals surface area (Å²) in [5.74, 6) is 2.78. The van der Waals surface area contributed by atoms with Gasteiger partial charge in [0.15, 0.2) is 5.78 Å². The highest BCUT2D eigenvalue weighted by atomic mass is 79.9. The molecular formula is C26H28BrN3O. The topological polar surface area (TPSA) is 36.4 Å². The van der Waals surface area contributed by atoms with Gasteiger partial charge in [-0.05, 0) is 92.7 Å². The van der Waals surface area contributed by atoms with E-state index in [1.807, 2.05) is 12.1 Å². The number of anilines is 1. The van der Waals surface area contributed by atoms with E-state index in [9.17, 15) is 4.79 Å². The van der Waals surface area contributed by atoms with E-state index in [0.717, 1.165) is 52.3 Å². The standard InChI is InChI=1S/C26H28BrN3O/c27-23-1-3-24(4-2-23)29-15-22(25(31)21-5-7-28-8-6-21)16-30(17-29)26-12-18-9-19(13-26)11-20(10-18)14-26/h1-8,15,18-20H,9-14,16-17H2. The van der Waals surface area contributed by atoms with E-state index in [1.54, 1.807) is 12.4 Å². The van der Waals surface area contributed by atoms with E-state index >= 15 is 0 Å². The number of nitrogens with zero attached hydrogens (tertiary/aromatic N) is 3. The highest BCUT2D eigenvalue weighted by Crippen LogP contribution is 2.58. The van der Waals surface area contributed by atoms with Crippen molar-refractivity contribution >= 4 is 27.4 Å². The number of rotatable bonds is 4. The van der Waals surface area contributed by atoms with Crippen molar-refractivity contribution in [3.8, 4) is 0 Å². The number of halogens is 1. The molecule has 4 aliphatic carbocycles. The first kappa shape index (κ1) is 19.7. The maximum absolute atomic E-state index is 13.4. The highest BCUT2D eigenvalue weighted by molar-refractivity contribution is 9.10. The fourth-order valence-electron chi connectivity index (χ4n) is 7.09. The quantitative estimate of drug-likeness (QED) is 0.532. The molecule has 5 heteroatoms. The van der Waals surface area contributed by atoms with Gasteiger partial charge in [-0.1, -0.05) is 15.9 Å². The number of aromatic nitrogens is 1. The SMILES string of the molecule is O=C(C1=CN(c2ccc(Br)cc2)CN(C23CC4CC(CC(C4)C2)C3)C1)c1ccncc1. The van der Waals surface area contributed by atoms with Gasteiger partial charge in [0.25, 0.3) is 0 Å². The molecule has 1 aliphatic heterocycles. The van der Waals surface area contributed by atoms with Crippen molar-refractivity contribution in [3.63, 3.8) is 0 Å². The van der Waals surface area contributed by atoms with Crippen molar-refractivity contribution in [2.75, 3.05) is 18.1 Å². The van der Waals surface area contributed by atoms with Gasteiger partial charge in [0, 0.05) is 52.0 Å². The molecule has 31 heavy (non-hydrogen) atoms. The molecule has 4 nitrogen and oxygen atoms in total. The lowest BCUT2D eigenvalue weighted by Crippen LogP contribution is -2.63. The van der Waals surface area contributed by atoms with Gasteiger partial charge in [0.05, 0.1) is 6.67 Å². The third-order valence-electron chi connectivity index (χ3n) is 8.07. The van der Waals surface area contributed by atoms with Crippen molar-refractivity contribution in [2.24, 2.45) is 17.8 Å². The molecule has 4 fully saturated rings. The lowest BCUT2D eigenvalue weighted by Gasteiger charge is -2.61. The van der Waals surface area contributed by atoms with Crippen molar-refractivity contribution in [1.29, 1.82) is 0 Å². The van der Waals surface area contributed by atoms with Crippen LogP contribution in [0.2, 0.25) is 0 Å². The summed E-state index contributed by atoms with van der Waals surface area (Å²) in [5, 5.41) is 0. The minimum Gasteiger partial charge on any atom is -0.334 e. The summed E-state index contributed by atoms with van der Waals surface area (Å²) in [6.07, 6.45) is 13.7. The average Bonchev–Trinajstić information content (AvgIpc) is 2.78. The summed E-state index contributed by atoms with van der Waals surface area (Å²) in [6.45, 7) is 1.61. The maximum Gasteiger partial charge on any atom is 0.191 e. The molecule has 0 spiro atoms. The van der Waals surface area contributed by atoms with Crippen molar-refractivity contribution in [2.45, 2.75) is 44.1 Å². The number of hydrogen-bond donors (Lipinski definition) is 0. The minimum atomic E-state index is 0.124. The van der Waals surface area contributed by atoms with Gasteiger partial charge in [-0.25, -0.2) is 0 Å². The molecular weight excluding hydrogens is 450 g/mol. The molecule has 0 amide bonds. The summed E-state index contributed by atoms with van der Waals surface area (Å²) in [4.78, 5) is 22.5. The van der Waals surface area contributed by atoms with Crippen LogP contribution in [0.15, 0.2) is 65.0 Å². The first-order valence-corrected chi connectivity index (χ1v) is 12.3. The Morgan fingerprint density at radius 3 is 2.16 bits per heavy atom. The lowest BCUT2D eigenvalue weighted by molar-refractivity contribution is -0.0859. The van der Waals surface area contributed by atoms with Crippen LogP contribution < -0.4 is 4.90 Å². The average molecular weight is 478 g/mol. The number of benzene rings is 1. The summed E-state index contributed by atoms with van der Waals surface area (Å²) in [5.41, 5.74) is 3.01. The van der Waals surface area contributed by atoms with Crippen LogP contribution in [0.3, 0.4) is 0 Å². The molecule has 2 heterocycles. The van der Waals surface area contributed by atoms with Gasteiger partial charge in [-0.2, -0.15) is 0 Å². The fourth-order valence-corrected chi connectivity index (χ4v) is 7.35. The van der Waals surface area contributed by atoms with Crippen LogP contribution in [-0.2, 0) is 0 Å². The summed E-state index contributed by atoms with van der Waals surface area (Å²) in [6, 6.07) is 12.1. The monoisotopic (exact) mass is 477 g/mol. The molecule has 2 aromatic rings. The summed E-state index contributed by atoms with van der Waals surface area (Å²) >= 11 is 3.55. The number of hydrogen-bond acceptors (Lipinski definition) is 4. The number of Topliss-reactive ketones (excluding diaryl/α,β-unsaturated/α-hetero) is 1. The Labute approximate surface area is 192 Å². The highest BCUT2D eigenvalue weighted by Gasteiger charge is 2.54. The van der Waals surface area contributed by atoms with Gasteiger partial charge in [-0.15, -0.1) is 0 Å². The normalized spacial score (nSPS) is 32.2. The van der Waals surface area contributed by atoms with Crippen molar-refractivity contribution in [3.05, 3.63) is 70.6 Å². The van der Waals surface area contributed by atoms with Crippen LogP contribution >= 0.6 is 15.9 Å². The molecule has 1 aromatic carbocycles. The number of pyridine rings is 1. The smallest absolute Gasteiger partial charge is 0.191 e. The zero-order chi connectivity index (χ0) is 21.0. The molecule has 0 N–H and O–H groups in total. The van der Waals surface area contributed by atoms with Crippen LogP contribution in [0, 0.1) is 17.8 Å². The zero-order valence-electron chi connectivity index (χ0n) is 17.7. The third kappa shape index (κ3) is 3.56. The van der Waals surface area contributed by atoms with E-state index < -0.39 is 0 Å². The lowest BCUT2D eigenvalue weighted by atomic mass is 9.52. The van der Waals surface area contributed by atoms with Crippen molar-refractivity contribution < 1.29 is 4.79 Å². The van der Waals surface area contributed by atoms with Gasteiger partial charge in [0.1, 0.15) is 0 Å². The molecule has 0 saturated heterocycles. The molecule has 4 saturated carbocycles. The molecule has 0 atom stereocenters. The molecule has 7 rings (SSSR count). The Balaban J connectivity index is 1.36. The van der Waals surface area contributed by atoms with E-state index in [2.05, 4.69) is 61.2 Å². The number of carbonyl (C=O) groups is 1. The fraction of sp³-hybridized carbons (Fsp3) is 0.462. The van der Waals surface area contributed by atoms with E-state index in [-0.39, 0.29) is 11.3 Å². The second-order valence-electron chi connectivity index (χ2n) is 10.1. The number of carbonyl (C=O) groups excluding carboxylic acids is 1. The Kier molecular flexibility index (Phi) is 4.80. The minimum absolute atomic E-state index is 0.124. The molecule has 4 bridgehead atoms. The second-order valence-corrected chi connectivity index (χ2v) is 11.1. The van der Waals surface area contributed by atoms with Gasteiger partial charge >= 0.3 is 0 Å². The predicted octanol–water partition coefficient (Wildman–Crippen LogP) is 5.66. The van der Waals surface area contributed by atoms with Gasteiger partial charge < -0.3 is 4.90 Å². The molecule has 160 valence electrons. The predicted molar refractivity (Wildman–Crippen MR) is 126 cm³/mol. The van der Waals surface area contributed by atoms with Crippen molar-refractivity contribution in [1.82, 2.24) is 9.88 Å². The summed E-state index contributed by atoms with van der Waals surface area (Å²) in [7, 11) is 0. The Hall–Kier alpha value is -1.98. The maximum atomic E-state index is 13.4. The Bertz CT molecular complexity index is 981. The van der Waals surface area contributed by atoms with Crippen LogP contribution in [0.4, 0.5) is 5.69 Å².